The third-order valence-electron chi connectivity index (χ3n) is 5.30. The molecule has 2 nitrogen and oxygen atoms in total. The van der Waals surface area contributed by atoms with Gasteiger partial charge in [0.1, 0.15) is 4.99 Å². The molecule has 0 aromatic carbocycles. The minimum atomic E-state index is 0.309. The van der Waals surface area contributed by atoms with E-state index in [0.717, 1.165) is 31.0 Å². The van der Waals surface area contributed by atoms with Crippen molar-refractivity contribution in [2.24, 2.45) is 0 Å². The molecule has 4 heteroatoms. The number of hydrogen-bond donors (Lipinski definition) is 0. The van der Waals surface area contributed by atoms with Crippen molar-refractivity contribution in [3.05, 3.63) is 0 Å². The zero-order valence-corrected chi connectivity index (χ0v) is 20.3. The van der Waals surface area contributed by atoms with Gasteiger partial charge in [0.2, 0.25) is 0 Å². The summed E-state index contributed by atoms with van der Waals surface area (Å²) in [5.74, 6) is 0. The lowest BCUT2D eigenvalue weighted by Crippen LogP contribution is -2.48. The Morgan fingerprint density at radius 1 is 0.704 bits per heavy atom. The molecule has 160 valence electrons. The van der Waals surface area contributed by atoms with E-state index in [1.165, 1.54) is 77.0 Å². The van der Waals surface area contributed by atoms with Crippen LogP contribution in [0.4, 0.5) is 0 Å². The summed E-state index contributed by atoms with van der Waals surface area (Å²) in [6.45, 7) is 12.3. The average molecular weight is 415 g/mol. The third kappa shape index (κ3) is 12.8. The maximum atomic E-state index is 6.08. The van der Waals surface area contributed by atoms with Gasteiger partial charge in [0, 0.05) is 19.6 Å². The lowest BCUT2D eigenvalue weighted by atomic mass is 10.0. The van der Waals surface area contributed by atoms with Crippen LogP contribution in [-0.4, -0.2) is 46.0 Å². The highest BCUT2D eigenvalue weighted by Crippen LogP contribution is 2.17. The van der Waals surface area contributed by atoms with E-state index < -0.39 is 0 Å². The summed E-state index contributed by atoms with van der Waals surface area (Å²) in [5, 5.41) is 0. The molecule has 0 heterocycles. The van der Waals surface area contributed by atoms with E-state index in [0.29, 0.717) is 6.04 Å². The Morgan fingerprint density at radius 2 is 1.22 bits per heavy atom. The molecule has 0 bridgehead atoms. The summed E-state index contributed by atoms with van der Waals surface area (Å²) in [5.41, 5.74) is 1.88. The van der Waals surface area contributed by atoms with E-state index in [9.17, 15) is 0 Å². The fourth-order valence-electron chi connectivity index (χ4n) is 3.47. The van der Waals surface area contributed by atoms with Crippen molar-refractivity contribution in [1.29, 1.82) is 0 Å². The minimum absolute atomic E-state index is 0.309. The van der Waals surface area contributed by atoms with Crippen molar-refractivity contribution in [3.8, 4) is 0 Å². The second-order valence-electron chi connectivity index (χ2n) is 7.80. The van der Waals surface area contributed by atoms with Crippen LogP contribution in [0.3, 0.4) is 0 Å². The van der Waals surface area contributed by atoms with Crippen LogP contribution in [0.15, 0.2) is 0 Å². The smallest absolute Gasteiger partial charge is 0.101 e. The van der Waals surface area contributed by atoms with Gasteiger partial charge in [0.15, 0.2) is 0 Å². The van der Waals surface area contributed by atoms with Crippen LogP contribution >= 0.6 is 24.4 Å². The van der Waals surface area contributed by atoms with Crippen molar-refractivity contribution < 1.29 is 0 Å². The standard InChI is InChI=1S/C23H46N2S2/c1-5-9-13-16-19-24(18-12-8-4)23(27)22(17-14-10-6-2)25(21-26)20-15-11-7-3/h21-22H,5-20H2,1-4H3. The van der Waals surface area contributed by atoms with Gasteiger partial charge in [-0.15, -0.1) is 0 Å². The first-order valence-corrected chi connectivity index (χ1v) is 12.5. The first-order valence-electron chi connectivity index (χ1n) is 11.7. The molecular weight excluding hydrogens is 368 g/mol. The number of nitrogens with zero attached hydrogens (tertiary/aromatic N) is 2. The highest BCUT2D eigenvalue weighted by molar-refractivity contribution is 7.80. The molecule has 0 radical (unpaired) electrons. The van der Waals surface area contributed by atoms with E-state index in [1.807, 2.05) is 5.49 Å². The maximum absolute atomic E-state index is 6.08. The van der Waals surface area contributed by atoms with E-state index in [-0.39, 0.29) is 0 Å². The molecule has 0 aliphatic heterocycles. The van der Waals surface area contributed by atoms with E-state index in [4.69, 9.17) is 24.4 Å². The molecule has 0 amide bonds. The van der Waals surface area contributed by atoms with Crippen LogP contribution in [-0.2, 0) is 0 Å². The summed E-state index contributed by atoms with van der Waals surface area (Å²) >= 11 is 11.5. The van der Waals surface area contributed by atoms with Crippen LogP contribution in [0.1, 0.15) is 111 Å². The van der Waals surface area contributed by atoms with Crippen LogP contribution in [0.25, 0.3) is 0 Å². The molecule has 0 aliphatic carbocycles. The largest absolute Gasteiger partial charge is 0.364 e. The molecular formula is C23H46N2S2. The number of thiocarbonyl (C=S) groups is 2. The molecule has 0 fully saturated rings. The van der Waals surface area contributed by atoms with Gasteiger partial charge in [-0.25, -0.2) is 0 Å². The zero-order chi connectivity index (χ0) is 20.3. The minimum Gasteiger partial charge on any atom is -0.364 e. The van der Waals surface area contributed by atoms with Crippen molar-refractivity contribution in [2.75, 3.05) is 19.6 Å². The average Bonchev–Trinajstić information content (AvgIpc) is 2.68. The fraction of sp³-hybridized carbons (Fsp3) is 0.913. The summed E-state index contributed by atoms with van der Waals surface area (Å²) in [6.07, 6.45) is 16.3. The van der Waals surface area contributed by atoms with Crippen molar-refractivity contribution in [1.82, 2.24) is 9.80 Å². The predicted octanol–water partition coefficient (Wildman–Crippen LogP) is 7.39. The van der Waals surface area contributed by atoms with Gasteiger partial charge in [-0.3, -0.25) is 0 Å². The number of rotatable bonds is 19. The summed E-state index contributed by atoms with van der Waals surface area (Å²) < 4.78 is 0. The fourth-order valence-corrected chi connectivity index (χ4v) is 4.15. The maximum Gasteiger partial charge on any atom is 0.101 e. The highest BCUT2D eigenvalue weighted by Gasteiger charge is 2.24. The second-order valence-corrected chi connectivity index (χ2v) is 8.43. The predicted molar refractivity (Wildman–Crippen MR) is 131 cm³/mol. The lowest BCUT2D eigenvalue weighted by molar-refractivity contribution is 0.315. The molecule has 0 saturated carbocycles. The van der Waals surface area contributed by atoms with Crippen molar-refractivity contribution in [3.63, 3.8) is 0 Å². The highest BCUT2D eigenvalue weighted by atomic mass is 32.1. The zero-order valence-electron chi connectivity index (χ0n) is 18.7. The Hall–Kier alpha value is -0.220. The molecule has 0 aliphatic rings. The molecule has 0 N–H and O–H groups in total. The van der Waals surface area contributed by atoms with Crippen LogP contribution in [0, 0.1) is 0 Å². The van der Waals surface area contributed by atoms with Gasteiger partial charge in [-0.05, 0) is 25.7 Å². The Labute approximate surface area is 181 Å². The molecule has 0 aromatic heterocycles. The SMILES string of the molecule is CCCCCCN(CCCC)C(=S)C(CCCCC)N(C=S)CCCCC. The van der Waals surface area contributed by atoms with Gasteiger partial charge in [-0.2, -0.15) is 0 Å². The quantitative estimate of drug-likeness (QED) is 0.160. The molecule has 1 atom stereocenters. The van der Waals surface area contributed by atoms with E-state index in [2.05, 4.69) is 37.5 Å². The van der Waals surface area contributed by atoms with Crippen molar-refractivity contribution in [2.45, 2.75) is 117 Å². The van der Waals surface area contributed by atoms with Gasteiger partial charge >= 0.3 is 0 Å². The molecule has 1 unspecified atom stereocenters. The molecule has 0 aromatic rings. The lowest BCUT2D eigenvalue weighted by Gasteiger charge is -2.36. The van der Waals surface area contributed by atoms with Gasteiger partial charge in [-0.1, -0.05) is 110 Å². The number of hydrogen-bond acceptors (Lipinski definition) is 2. The Balaban J connectivity index is 5.06. The van der Waals surface area contributed by atoms with Crippen LogP contribution < -0.4 is 0 Å². The van der Waals surface area contributed by atoms with Gasteiger partial charge in [0.05, 0.1) is 11.5 Å². The van der Waals surface area contributed by atoms with Gasteiger partial charge in [0.25, 0.3) is 0 Å². The number of unbranched alkanes of at least 4 members (excludes halogenated alkanes) is 8. The van der Waals surface area contributed by atoms with E-state index in [1.54, 1.807) is 0 Å². The van der Waals surface area contributed by atoms with Crippen LogP contribution in [0.5, 0.6) is 0 Å². The molecule has 0 rings (SSSR count). The van der Waals surface area contributed by atoms with Gasteiger partial charge < -0.3 is 9.80 Å². The monoisotopic (exact) mass is 414 g/mol. The molecule has 27 heavy (non-hydrogen) atoms. The topological polar surface area (TPSA) is 6.48 Å². The first kappa shape index (κ1) is 26.8. The third-order valence-corrected chi connectivity index (χ3v) is 6.10. The molecule has 0 spiro atoms. The first-order chi connectivity index (χ1) is 13.2. The van der Waals surface area contributed by atoms with E-state index >= 15 is 0 Å². The normalized spacial score (nSPS) is 12.0. The molecule has 0 saturated heterocycles. The Kier molecular flexibility index (Phi) is 19.0. The second kappa shape index (κ2) is 19.1. The summed E-state index contributed by atoms with van der Waals surface area (Å²) in [7, 11) is 0. The Bertz CT molecular complexity index is 360. The summed E-state index contributed by atoms with van der Waals surface area (Å²) in [4.78, 5) is 6.03. The van der Waals surface area contributed by atoms with Crippen molar-refractivity contribution >= 4 is 34.9 Å². The summed E-state index contributed by atoms with van der Waals surface area (Å²) in [6, 6.07) is 0.309. The Morgan fingerprint density at radius 3 is 1.81 bits per heavy atom. The van der Waals surface area contributed by atoms with Crippen LogP contribution in [0.2, 0.25) is 0 Å².